The molecular weight excluding hydrogens is 332 g/mol. The SMILES string of the molecule is CS(=O)(=O)c1ccc(N2CC(CN)CC2=O)c(Br)c1. The fraction of sp³-hybridized carbons (Fsp3) is 0.417. The maximum absolute atomic E-state index is 11.9. The van der Waals surface area contributed by atoms with Crippen molar-refractivity contribution in [3.8, 4) is 0 Å². The minimum Gasteiger partial charge on any atom is -0.330 e. The highest BCUT2D eigenvalue weighted by Crippen LogP contribution is 2.32. The molecule has 0 bridgehead atoms. The van der Waals surface area contributed by atoms with E-state index in [2.05, 4.69) is 15.9 Å². The summed E-state index contributed by atoms with van der Waals surface area (Å²) in [5, 5.41) is 0. The number of benzene rings is 1. The highest BCUT2D eigenvalue weighted by molar-refractivity contribution is 9.10. The molecule has 0 aromatic heterocycles. The van der Waals surface area contributed by atoms with Crippen molar-refractivity contribution in [1.29, 1.82) is 0 Å². The van der Waals surface area contributed by atoms with Crippen molar-refractivity contribution in [3.05, 3.63) is 22.7 Å². The lowest BCUT2D eigenvalue weighted by atomic mass is 10.1. The van der Waals surface area contributed by atoms with Crippen molar-refractivity contribution in [2.45, 2.75) is 11.3 Å². The van der Waals surface area contributed by atoms with Gasteiger partial charge < -0.3 is 10.6 Å². The number of hydrogen-bond acceptors (Lipinski definition) is 4. The van der Waals surface area contributed by atoms with Gasteiger partial charge in [0.25, 0.3) is 0 Å². The molecule has 5 nitrogen and oxygen atoms in total. The van der Waals surface area contributed by atoms with Gasteiger partial charge in [-0.1, -0.05) is 0 Å². The Hall–Kier alpha value is -0.920. The Kier molecular flexibility index (Phi) is 3.98. The van der Waals surface area contributed by atoms with Crippen LogP contribution in [0.3, 0.4) is 0 Å². The highest BCUT2D eigenvalue weighted by atomic mass is 79.9. The molecule has 1 amide bonds. The monoisotopic (exact) mass is 346 g/mol. The molecule has 1 saturated heterocycles. The molecule has 1 aromatic rings. The van der Waals surface area contributed by atoms with Crippen LogP contribution in [0.4, 0.5) is 5.69 Å². The summed E-state index contributed by atoms with van der Waals surface area (Å²) in [4.78, 5) is 13.8. The van der Waals surface area contributed by atoms with Gasteiger partial charge in [0.05, 0.1) is 10.6 Å². The summed E-state index contributed by atoms with van der Waals surface area (Å²) in [5.74, 6) is 0.178. The van der Waals surface area contributed by atoms with E-state index in [4.69, 9.17) is 5.73 Å². The highest BCUT2D eigenvalue weighted by Gasteiger charge is 2.30. The van der Waals surface area contributed by atoms with Gasteiger partial charge in [0.2, 0.25) is 5.91 Å². The Balaban J connectivity index is 2.35. The first kappa shape index (κ1) is 14.5. The molecule has 1 heterocycles. The normalized spacial score (nSPS) is 20.1. The standard InChI is InChI=1S/C12H15BrN2O3S/c1-19(17,18)9-2-3-11(10(13)5-9)15-7-8(6-14)4-12(15)16/h2-3,5,8H,4,6-7,14H2,1H3. The Bertz CT molecular complexity index is 615. The topological polar surface area (TPSA) is 80.5 Å². The van der Waals surface area contributed by atoms with Crippen molar-refractivity contribution in [1.82, 2.24) is 0 Å². The van der Waals surface area contributed by atoms with Gasteiger partial charge >= 0.3 is 0 Å². The molecule has 0 aliphatic carbocycles. The molecule has 1 aliphatic rings. The van der Waals surface area contributed by atoms with Crippen LogP contribution in [0.2, 0.25) is 0 Å². The molecule has 0 spiro atoms. The van der Waals surface area contributed by atoms with Gasteiger partial charge in [-0.05, 0) is 46.6 Å². The first-order valence-corrected chi connectivity index (χ1v) is 8.51. The number of carbonyl (C=O) groups is 1. The van der Waals surface area contributed by atoms with E-state index in [-0.39, 0.29) is 16.7 Å². The Morgan fingerprint density at radius 3 is 2.63 bits per heavy atom. The Morgan fingerprint density at radius 1 is 1.47 bits per heavy atom. The summed E-state index contributed by atoms with van der Waals surface area (Å²) in [6.07, 6.45) is 1.59. The van der Waals surface area contributed by atoms with Crippen LogP contribution < -0.4 is 10.6 Å². The average molecular weight is 347 g/mol. The van der Waals surface area contributed by atoms with Crippen molar-refractivity contribution < 1.29 is 13.2 Å². The summed E-state index contributed by atoms with van der Waals surface area (Å²) in [6, 6.07) is 4.68. The van der Waals surface area contributed by atoms with Gasteiger partial charge in [-0.3, -0.25) is 4.79 Å². The van der Waals surface area contributed by atoms with E-state index in [9.17, 15) is 13.2 Å². The van der Waals surface area contributed by atoms with Crippen molar-refractivity contribution in [3.63, 3.8) is 0 Å². The quantitative estimate of drug-likeness (QED) is 0.890. The van der Waals surface area contributed by atoms with Gasteiger partial charge in [-0.15, -0.1) is 0 Å². The van der Waals surface area contributed by atoms with E-state index in [1.807, 2.05) is 0 Å². The molecule has 1 atom stereocenters. The van der Waals surface area contributed by atoms with Crippen LogP contribution in [-0.4, -0.2) is 33.7 Å². The number of hydrogen-bond donors (Lipinski definition) is 1. The minimum absolute atomic E-state index is 0.0169. The molecule has 1 aliphatic heterocycles. The number of carbonyl (C=O) groups excluding carboxylic acids is 1. The lowest BCUT2D eigenvalue weighted by Gasteiger charge is -2.18. The number of nitrogens with zero attached hydrogens (tertiary/aromatic N) is 1. The Labute approximate surface area is 120 Å². The molecule has 1 fully saturated rings. The molecule has 2 N–H and O–H groups in total. The summed E-state index contributed by atoms with van der Waals surface area (Å²) < 4.78 is 23.5. The van der Waals surface area contributed by atoms with E-state index >= 15 is 0 Å². The van der Waals surface area contributed by atoms with Crippen LogP contribution in [0, 0.1) is 5.92 Å². The molecular formula is C12H15BrN2O3S. The number of anilines is 1. The third kappa shape index (κ3) is 2.98. The van der Waals surface area contributed by atoms with Crippen LogP contribution >= 0.6 is 15.9 Å². The fourth-order valence-corrected chi connectivity index (χ4v) is 3.50. The zero-order chi connectivity index (χ0) is 14.2. The Morgan fingerprint density at radius 2 is 2.16 bits per heavy atom. The van der Waals surface area contributed by atoms with Crippen LogP contribution in [0.15, 0.2) is 27.6 Å². The lowest BCUT2D eigenvalue weighted by molar-refractivity contribution is -0.117. The first-order valence-electron chi connectivity index (χ1n) is 5.83. The number of rotatable bonds is 3. The van der Waals surface area contributed by atoms with Crippen molar-refractivity contribution in [2.75, 3.05) is 24.2 Å². The maximum atomic E-state index is 11.9. The smallest absolute Gasteiger partial charge is 0.227 e. The first-order chi connectivity index (χ1) is 8.82. The number of sulfone groups is 1. The third-order valence-corrected chi connectivity index (χ3v) is 4.92. The van der Waals surface area contributed by atoms with Crippen LogP contribution in [0.25, 0.3) is 0 Å². The zero-order valence-electron chi connectivity index (χ0n) is 10.5. The number of nitrogens with two attached hydrogens (primary N) is 1. The summed E-state index contributed by atoms with van der Waals surface area (Å²) in [7, 11) is -3.25. The van der Waals surface area contributed by atoms with Gasteiger partial charge in [-0.25, -0.2) is 8.42 Å². The molecule has 0 radical (unpaired) electrons. The van der Waals surface area contributed by atoms with Gasteiger partial charge in [0.1, 0.15) is 0 Å². The second-order valence-electron chi connectivity index (χ2n) is 4.70. The number of halogens is 1. The molecule has 1 aromatic carbocycles. The molecule has 0 saturated carbocycles. The predicted molar refractivity (Wildman–Crippen MR) is 76.8 cm³/mol. The average Bonchev–Trinajstić information content (AvgIpc) is 2.69. The van der Waals surface area contributed by atoms with E-state index in [1.165, 1.54) is 12.1 Å². The third-order valence-electron chi connectivity index (χ3n) is 3.18. The van der Waals surface area contributed by atoms with E-state index in [0.717, 1.165) is 6.26 Å². The predicted octanol–water partition coefficient (Wildman–Crippen LogP) is 1.16. The maximum Gasteiger partial charge on any atom is 0.227 e. The van der Waals surface area contributed by atoms with Gasteiger partial charge in [0.15, 0.2) is 9.84 Å². The van der Waals surface area contributed by atoms with Crippen LogP contribution in [0.1, 0.15) is 6.42 Å². The lowest BCUT2D eigenvalue weighted by Crippen LogP contribution is -2.26. The summed E-state index contributed by atoms with van der Waals surface area (Å²) in [5.41, 5.74) is 6.27. The molecule has 1 unspecified atom stereocenters. The molecule has 2 rings (SSSR count). The van der Waals surface area contributed by atoms with E-state index in [0.29, 0.717) is 29.7 Å². The second-order valence-corrected chi connectivity index (χ2v) is 7.57. The van der Waals surface area contributed by atoms with Crippen LogP contribution in [-0.2, 0) is 14.6 Å². The second kappa shape index (κ2) is 5.22. The van der Waals surface area contributed by atoms with E-state index < -0.39 is 9.84 Å². The van der Waals surface area contributed by atoms with E-state index in [1.54, 1.807) is 11.0 Å². The summed E-state index contributed by atoms with van der Waals surface area (Å²) >= 11 is 3.33. The molecule has 7 heteroatoms. The van der Waals surface area contributed by atoms with Crippen LogP contribution in [0.5, 0.6) is 0 Å². The van der Waals surface area contributed by atoms with Crippen molar-refractivity contribution in [2.24, 2.45) is 11.7 Å². The number of amides is 1. The van der Waals surface area contributed by atoms with Crippen molar-refractivity contribution >= 4 is 37.4 Å². The van der Waals surface area contributed by atoms with Gasteiger partial charge in [-0.2, -0.15) is 0 Å². The largest absolute Gasteiger partial charge is 0.330 e. The molecule has 19 heavy (non-hydrogen) atoms. The zero-order valence-corrected chi connectivity index (χ0v) is 12.9. The summed E-state index contributed by atoms with van der Waals surface area (Å²) in [6.45, 7) is 1.05. The minimum atomic E-state index is -3.25. The molecule has 104 valence electrons. The van der Waals surface area contributed by atoms with Gasteiger partial charge in [0, 0.05) is 23.7 Å². The fourth-order valence-electron chi connectivity index (χ4n) is 2.11.